The monoisotopic (exact) mass is 327 g/mol. The number of hydrogen-bond donors (Lipinski definition) is 0. The number of fused-ring (bicyclic) bond motifs is 1. The van der Waals surface area contributed by atoms with Gasteiger partial charge in [0.25, 0.3) is 0 Å². The molecule has 1 aromatic carbocycles. The Morgan fingerprint density at radius 3 is 2.57 bits per heavy atom. The van der Waals surface area contributed by atoms with Gasteiger partial charge in [-0.15, -0.1) is 0 Å². The van der Waals surface area contributed by atoms with Crippen LogP contribution in [0.2, 0.25) is 5.02 Å². The molecule has 0 fully saturated rings. The van der Waals surface area contributed by atoms with Crippen molar-refractivity contribution in [1.82, 2.24) is 14.3 Å². The van der Waals surface area contributed by atoms with Crippen molar-refractivity contribution in [3.05, 3.63) is 58.9 Å². The fourth-order valence-corrected chi connectivity index (χ4v) is 2.69. The summed E-state index contributed by atoms with van der Waals surface area (Å²) in [6, 6.07) is 11.5. The molecule has 0 saturated carbocycles. The molecule has 0 atom stereocenters. The number of rotatable bonds is 3. The van der Waals surface area contributed by atoms with E-state index in [4.69, 9.17) is 16.6 Å². The average molecular weight is 328 g/mol. The van der Waals surface area contributed by atoms with Crippen LogP contribution in [-0.4, -0.2) is 34.3 Å². The average Bonchev–Trinajstić information content (AvgIpc) is 2.88. The smallest absolute Gasteiger partial charge is 0.228 e. The molecule has 0 aliphatic heterocycles. The molecular weight excluding hydrogens is 310 g/mol. The second-order valence-electron chi connectivity index (χ2n) is 5.76. The Bertz CT molecular complexity index is 866. The number of benzene rings is 1. The van der Waals surface area contributed by atoms with Crippen LogP contribution in [0.5, 0.6) is 0 Å². The van der Waals surface area contributed by atoms with Crippen molar-refractivity contribution in [2.75, 3.05) is 14.1 Å². The summed E-state index contributed by atoms with van der Waals surface area (Å²) in [5.41, 5.74) is 4.63. The van der Waals surface area contributed by atoms with E-state index in [0.717, 1.165) is 28.2 Å². The quantitative estimate of drug-likeness (QED) is 0.737. The Morgan fingerprint density at radius 1 is 1.22 bits per heavy atom. The number of imidazole rings is 1. The van der Waals surface area contributed by atoms with Crippen LogP contribution in [-0.2, 0) is 11.2 Å². The Morgan fingerprint density at radius 2 is 1.91 bits per heavy atom. The first-order chi connectivity index (χ1) is 11.0. The fourth-order valence-electron chi connectivity index (χ4n) is 2.56. The second-order valence-corrected chi connectivity index (χ2v) is 6.20. The summed E-state index contributed by atoms with van der Waals surface area (Å²) in [7, 11) is 3.53. The van der Waals surface area contributed by atoms with E-state index in [1.807, 2.05) is 53.9 Å². The first-order valence-corrected chi connectivity index (χ1v) is 7.78. The van der Waals surface area contributed by atoms with Crippen LogP contribution in [0.25, 0.3) is 16.9 Å². The molecule has 0 spiro atoms. The minimum atomic E-state index is 0.0449. The number of amides is 1. The molecule has 4 nitrogen and oxygen atoms in total. The molecule has 0 aliphatic carbocycles. The van der Waals surface area contributed by atoms with Crippen molar-refractivity contribution in [3.63, 3.8) is 0 Å². The van der Waals surface area contributed by atoms with E-state index >= 15 is 0 Å². The fraction of sp³-hybridized carbons (Fsp3) is 0.222. The molecule has 5 heteroatoms. The van der Waals surface area contributed by atoms with E-state index in [2.05, 4.69) is 0 Å². The number of carbonyl (C=O) groups is 1. The number of aromatic nitrogens is 2. The second kappa shape index (κ2) is 6.05. The summed E-state index contributed by atoms with van der Waals surface area (Å²) in [5, 5.41) is 0.680. The highest BCUT2D eigenvalue weighted by molar-refractivity contribution is 6.30. The first-order valence-electron chi connectivity index (χ1n) is 7.40. The van der Waals surface area contributed by atoms with Gasteiger partial charge < -0.3 is 9.30 Å². The van der Waals surface area contributed by atoms with E-state index in [9.17, 15) is 4.79 Å². The van der Waals surface area contributed by atoms with Crippen molar-refractivity contribution in [2.45, 2.75) is 13.3 Å². The van der Waals surface area contributed by atoms with Crippen LogP contribution in [0.4, 0.5) is 0 Å². The van der Waals surface area contributed by atoms with E-state index in [0.29, 0.717) is 11.4 Å². The molecule has 23 heavy (non-hydrogen) atoms. The number of likely N-dealkylation sites (N-methyl/N-ethyl adjacent to an activating group) is 1. The molecular formula is C18H18ClN3O. The zero-order valence-corrected chi connectivity index (χ0v) is 14.1. The number of halogens is 1. The Kier molecular flexibility index (Phi) is 4.09. The van der Waals surface area contributed by atoms with Crippen LogP contribution in [0.1, 0.15) is 11.3 Å². The summed E-state index contributed by atoms with van der Waals surface area (Å²) in [4.78, 5) is 18.6. The summed E-state index contributed by atoms with van der Waals surface area (Å²) in [5.74, 6) is 0.0449. The van der Waals surface area contributed by atoms with Gasteiger partial charge in [0.1, 0.15) is 5.65 Å². The van der Waals surface area contributed by atoms with Gasteiger partial charge in [0.2, 0.25) is 5.91 Å². The molecule has 0 saturated heterocycles. The van der Waals surface area contributed by atoms with Gasteiger partial charge in [-0.05, 0) is 30.7 Å². The maximum Gasteiger partial charge on any atom is 0.228 e. The van der Waals surface area contributed by atoms with Gasteiger partial charge in [0.05, 0.1) is 17.8 Å². The maximum atomic E-state index is 12.2. The molecule has 2 heterocycles. The van der Waals surface area contributed by atoms with Gasteiger partial charge in [-0.1, -0.05) is 29.8 Å². The normalized spacial score (nSPS) is 11.0. The van der Waals surface area contributed by atoms with Gasteiger partial charge in [0, 0.05) is 30.9 Å². The van der Waals surface area contributed by atoms with Gasteiger partial charge in [-0.3, -0.25) is 4.79 Å². The van der Waals surface area contributed by atoms with Gasteiger partial charge in [-0.2, -0.15) is 0 Å². The molecule has 0 radical (unpaired) electrons. The van der Waals surface area contributed by atoms with Crippen molar-refractivity contribution < 1.29 is 4.79 Å². The third-order valence-electron chi connectivity index (χ3n) is 3.88. The van der Waals surface area contributed by atoms with E-state index in [-0.39, 0.29) is 5.91 Å². The Hall–Kier alpha value is -2.33. The van der Waals surface area contributed by atoms with E-state index in [1.54, 1.807) is 19.0 Å². The molecule has 1 amide bonds. The standard InChI is InChI=1S/C18H18ClN3O/c1-12-5-4-10-22-15(11-16(23)21(2)3)17(20-18(12)22)13-6-8-14(19)9-7-13/h4-10H,11H2,1-3H3. The highest BCUT2D eigenvalue weighted by atomic mass is 35.5. The van der Waals surface area contributed by atoms with Crippen molar-refractivity contribution in [2.24, 2.45) is 0 Å². The van der Waals surface area contributed by atoms with Crippen molar-refractivity contribution in [1.29, 1.82) is 0 Å². The lowest BCUT2D eigenvalue weighted by Crippen LogP contribution is -2.24. The molecule has 3 rings (SSSR count). The molecule has 0 bridgehead atoms. The predicted molar refractivity (Wildman–Crippen MR) is 92.8 cm³/mol. The van der Waals surface area contributed by atoms with Crippen molar-refractivity contribution >= 4 is 23.2 Å². The highest BCUT2D eigenvalue weighted by Crippen LogP contribution is 2.27. The first kappa shape index (κ1) is 15.6. The van der Waals surface area contributed by atoms with Gasteiger partial charge in [0.15, 0.2) is 0 Å². The van der Waals surface area contributed by atoms with Crippen LogP contribution in [0.3, 0.4) is 0 Å². The molecule has 0 aliphatic rings. The largest absolute Gasteiger partial charge is 0.348 e. The lowest BCUT2D eigenvalue weighted by atomic mass is 10.1. The summed E-state index contributed by atoms with van der Waals surface area (Å²) in [6.07, 6.45) is 2.25. The summed E-state index contributed by atoms with van der Waals surface area (Å²) in [6.45, 7) is 2.02. The zero-order valence-electron chi connectivity index (χ0n) is 13.4. The number of hydrogen-bond acceptors (Lipinski definition) is 2. The third-order valence-corrected chi connectivity index (χ3v) is 4.13. The Labute approximate surface area is 140 Å². The summed E-state index contributed by atoms with van der Waals surface area (Å²) < 4.78 is 2.00. The predicted octanol–water partition coefficient (Wildman–Crippen LogP) is 3.59. The van der Waals surface area contributed by atoms with E-state index in [1.165, 1.54) is 0 Å². The topological polar surface area (TPSA) is 37.6 Å². The summed E-state index contributed by atoms with van der Waals surface area (Å²) >= 11 is 5.98. The molecule has 0 unspecified atom stereocenters. The van der Waals surface area contributed by atoms with E-state index < -0.39 is 0 Å². The SMILES string of the molecule is Cc1cccn2c(CC(=O)N(C)C)c(-c3ccc(Cl)cc3)nc12. The molecule has 118 valence electrons. The van der Waals surface area contributed by atoms with Crippen molar-refractivity contribution in [3.8, 4) is 11.3 Å². The third kappa shape index (κ3) is 2.94. The van der Waals surface area contributed by atoms with Gasteiger partial charge >= 0.3 is 0 Å². The minimum Gasteiger partial charge on any atom is -0.348 e. The lowest BCUT2D eigenvalue weighted by Gasteiger charge is -2.11. The lowest BCUT2D eigenvalue weighted by molar-refractivity contribution is -0.128. The number of nitrogens with zero attached hydrogens (tertiary/aromatic N) is 3. The molecule has 0 N–H and O–H groups in total. The van der Waals surface area contributed by atoms with Crippen LogP contribution < -0.4 is 0 Å². The molecule has 2 aromatic heterocycles. The number of aryl methyl sites for hydroxylation is 1. The van der Waals surface area contributed by atoms with Gasteiger partial charge in [-0.25, -0.2) is 4.98 Å². The van der Waals surface area contributed by atoms with Crippen LogP contribution in [0.15, 0.2) is 42.6 Å². The van der Waals surface area contributed by atoms with Crippen LogP contribution >= 0.6 is 11.6 Å². The number of pyridine rings is 1. The van der Waals surface area contributed by atoms with Crippen LogP contribution in [0, 0.1) is 6.92 Å². The minimum absolute atomic E-state index is 0.0449. The number of carbonyl (C=O) groups excluding carboxylic acids is 1. The molecule has 3 aromatic rings. The Balaban J connectivity index is 2.21. The highest BCUT2D eigenvalue weighted by Gasteiger charge is 2.18. The maximum absolute atomic E-state index is 12.2. The zero-order chi connectivity index (χ0) is 16.6.